The van der Waals surface area contributed by atoms with E-state index in [4.69, 9.17) is 39.8 Å². The zero-order valence-electron chi connectivity index (χ0n) is 16.5. The van der Waals surface area contributed by atoms with Gasteiger partial charge in [-0.3, -0.25) is 0 Å². The van der Waals surface area contributed by atoms with Crippen LogP contribution in [-0.2, 0) is 6.54 Å². The largest absolute Gasteiger partial charge is 0.366 e. The Morgan fingerprint density at radius 2 is 1.84 bits per heavy atom. The Bertz CT molecular complexity index is 1160. The van der Waals surface area contributed by atoms with Crippen molar-refractivity contribution in [3.8, 4) is 11.3 Å². The summed E-state index contributed by atoms with van der Waals surface area (Å²) >= 11 is 19.7. The average molecular weight is 493 g/mol. The molecule has 0 aliphatic heterocycles. The fourth-order valence-electron chi connectivity index (χ4n) is 3.01. The van der Waals surface area contributed by atoms with Crippen molar-refractivity contribution in [2.45, 2.75) is 13.0 Å². The Balaban J connectivity index is 1.54. The van der Waals surface area contributed by atoms with Gasteiger partial charge in [0, 0.05) is 51.6 Å². The van der Waals surface area contributed by atoms with E-state index in [-0.39, 0.29) is 0 Å². The SMILES string of the molecule is ClCCCSNc1ccc(-c2cc(NCc3ccc(Cl)cc3Cl)n3nccc3n2)cc1. The monoisotopic (exact) mass is 491 g/mol. The molecule has 0 radical (unpaired) electrons. The van der Waals surface area contributed by atoms with E-state index in [2.05, 4.69) is 27.3 Å². The molecule has 160 valence electrons. The number of halogens is 3. The Labute approximate surface area is 200 Å². The van der Waals surface area contributed by atoms with Gasteiger partial charge in [-0.15, -0.1) is 11.6 Å². The van der Waals surface area contributed by atoms with Gasteiger partial charge < -0.3 is 10.0 Å². The standard InChI is InChI=1S/C22H20Cl3N5S/c23-9-1-11-31-29-18-6-3-15(4-7-18)20-13-22(30-21(28-20)8-10-27-30)26-14-16-2-5-17(24)12-19(16)25/h2-8,10,12-13,26,29H,1,9,11,14H2. The van der Waals surface area contributed by atoms with Crippen LogP contribution in [0, 0.1) is 0 Å². The molecule has 2 heterocycles. The highest BCUT2D eigenvalue weighted by atomic mass is 35.5. The third-order valence-corrected chi connectivity index (χ3v) is 6.31. The van der Waals surface area contributed by atoms with Gasteiger partial charge in [0.2, 0.25) is 0 Å². The van der Waals surface area contributed by atoms with Gasteiger partial charge in [-0.1, -0.05) is 53.3 Å². The molecule has 0 amide bonds. The summed E-state index contributed by atoms with van der Waals surface area (Å²) in [4.78, 5) is 4.74. The van der Waals surface area contributed by atoms with Crippen LogP contribution in [0.2, 0.25) is 10.0 Å². The lowest BCUT2D eigenvalue weighted by Crippen LogP contribution is -2.07. The van der Waals surface area contributed by atoms with Crippen LogP contribution < -0.4 is 10.0 Å². The highest BCUT2D eigenvalue weighted by Crippen LogP contribution is 2.26. The van der Waals surface area contributed by atoms with Gasteiger partial charge in [-0.05, 0) is 36.2 Å². The number of alkyl halides is 1. The van der Waals surface area contributed by atoms with Crippen molar-refractivity contribution < 1.29 is 0 Å². The van der Waals surface area contributed by atoms with Crippen molar-refractivity contribution in [1.29, 1.82) is 0 Å². The molecule has 0 fully saturated rings. The fraction of sp³-hybridized carbons (Fsp3) is 0.182. The Morgan fingerprint density at radius 1 is 1.00 bits per heavy atom. The minimum atomic E-state index is 0.538. The summed E-state index contributed by atoms with van der Waals surface area (Å²) in [6, 6.07) is 17.6. The summed E-state index contributed by atoms with van der Waals surface area (Å²) in [6.07, 6.45) is 2.71. The molecular formula is C22H20Cl3N5S. The third kappa shape index (κ3) is 5.57. The van der Waals surface area contributed by atoms with Crippen LogP contribution in [0.15, 0.2) is 60.8 Å². The predicted molar refractivity (Wildman–Crippen MR) is 134 cm³/mol. The topological polar surface area (TPSA) is 54.2 Å². The number of aromatic nitrogens is 3. The maximum absolute atomic E-state index is 6.32. The van der Waals surface area contributed by atoms with Crippen LogP contribution in [0.4, 0.5) is 11.5 Å². The molecule has 2 N–H and O–H groups in total. The molecule has 0 atom stereocenters. The van der Waals surface area contributed by atoms with Crippen LogP contribution in [-0.4, -0.2) is 26.2 Å². The first kappa shape index (κ1) is 22.1. The highest BCUT2D eigenvalue weighted by molar-refractivity contribution is 8.00. The molecule has 4 aromatic rings. The lowest BCUT2D eigenvalue weighted by Gasteiger charge is -2.12. The van der Waals surface area contributed by atoms with Crippen LogP contribution in [0.25, 0.3) is 16.9 Å². The number of hydrogen-bond acceptors (Lipinski definition) is 5. The lowest BCUT2D eigenvalue weighted by atomic mass is 10.1. The normalized spacial score (nSPS) is 11.1. The average Bonchev–Trinajstić information content (AvgIpc) is 3.25. The number of anilines is 2. The van der Waals surface area contributed by atoms with Crippen molar-refractivity contribution in [3.63, 3.8) is 0 Å². The third-order valence-electron chi connectivity index (χ3n) is 4.59. The van der Waals surface area contributed by atoms with E-state index >= 15 is 0 Å². The molecule has 0 aliphatic carbocycles. The summed E-state index contributed by atoms with van der Waals surface area (Å²) < 4.78 is 5.11. The van der Waals surface area contributed by atoms with E-state index < -0.39 is 0 Å². The predicted octanol–water partition coefficient (Wildman–Crippen LogP) is 7.00. The number of fused-ring (bicyclic) bond motifs is 1. The van der Waals surface area contributed by atoms with Crippen molar-refractivity contribution in [2.24, 2.45) is 0 Å². The van der Waals surface area contributed by atoms with Crippen LogP contribution in [0.1, 0.15) is 12.0 Å². The van der Waals surface area contributed by atoms with E-state index in [0.29, 0.717) is 22.5 Å². The van der Waals surface area contributed by atoms with Gasteiger partial charge in [0.15, 0.2) is 5.65 Å². The number of rotatable bonds is 9. The van der Waals surface area contributed by atoms with E-state index in [1.165, 1.54) is 0 Å². The molecule has 2 aromatic heterocycles. The molecular weight excluding hydrogens is 473 g/mol. The quantitative estimate of drug-likeness (QED) is 0.150. The molecule has 0 unspecified atom stereocenters. The molecule has 0 saturated heterocycles. The van der Waals surface area contributed by atoms with Crippen molar-refractivity contribution in [1.82, 2.24) is 14.6 Å². The second-order valence-electron chi connectivity index (χ2n) is 6.79. The second-order valence-corrected chi connectivity index (χ2v) is 8.91. The molecule has 0 spiro atoms. The summed E-state index contributed by atoms with van der Waals surface area (Å²) in [6.45, 7) is 0.538. The van der Waals surface area contributed by atoms with E-state index in [0.717, 1.165) is 46.1 Å². The minimum Gasteiger partial charge on any atom is -0.366 e. The summed E-state index contributed by atoms with van der Waals surface area (Å²) in [5.74, 6) is 2.48. The first-order valence-corrected chi connectivity index (χ1v) is 12.0. The smallest absolute Gasteiger partial charge is 0.157 e. The van der Waals surface area contributed by atoms with Crippen molar-refractivity contribution in [3.05, 3.63) is 76.4 Å². The molecule has 5 nitrogen and oxygen atoms in total. The van der Waals surface area contributed by atoms with Crippen LogP contribution >= 0.6 is 46.8 Å². The van der Waals surface area contributed by atoms with Gasteiger partial charge in [-0.25, -0.2) is 4.98 Å². The first-order chi connectivity index (χ1) is 15.1. The minimum absolute atomic E-state index is 0.538. The van der Waals surface area contributed by atoms with Gasteiger partial charge in [-0.2, -0.15) is 9.61 Å². The summed E-state index contributed by atoms with van der Waals surface area (Å²) in [7, 11) is 0. The molecule has 0 saturated carbocycles. The second kappa shape index (κ2) is 10.5. The fourth-order valence-corrected chi connectivity index (χ4v) is 4.47. The van der Waals surface area contributed by atoms with Gasteiger partial charge in [0.1, 0.15) is 5.82 Å². The van der Waals surface area contributed by atoms with Gasteiger partial charge in [0.25, 0.3) is 0 Å². The maximum Gasteiger partial charge on any atom is 0.157 e. The molecule has 31 heavy (non-hydrogen) atoms. The number of nitrogens with one attached hydrogen (secondary N) is 2. The lowest BCUT2D eigenvalue weighted by molar-refractivity contribution is 0.927. The van der Waals surface area contributed by atoms with Crippen molar-refractivity contribution in [2.75, 3.05) is 21.7 Å². The van der Waals surface area contributed by atoms with Gasteiger partial charge in [0.05, 0.1) is 11.9 Å². The molecule has 0 bridgehead atoms. The maximum atomic E-state index is 6.32. The number of benzene rings is 2. The zero-order chi connectivity index (χ0) is 21.6. The molecule has 2 aromatic carbocycles. The number of nitrogens with zero attached hydrogens (tertiary/aromatic N) is 3. The first-order valence-electron chi connectivity index (χ1n) is 9.71. The number of hydrogen-bond donors (Lipinski definition) is 2. The van der Waals surface area contributed by atoms with E-state index in [9.17, 15) is 0 Å². The zero-order valence-corrected chi connectivity index (χ0v) is 19.6. The Kier molecular flexibility index (Phi) is 7.45. The van der Waals surface area contributed by atoms with Crippen LogP contribution in [0.3, 0.4) is 0 Å². The Morgan fingerprint density at radius 3 is 2.61 bits per heavy atom. The van der Waals surface area contributed by atoms with E-state index in [1.807, 2.05) is 36.4 Å². The summed E-state index contributed by atoms with van der Waals surface area (Å²) in [5, 5.41) is 9.04. The van der Waals surface area contributed by atoms with Gasteiger partial charge >= 0.3 is 0 Å². The molecule has 0 aliphatic rings. The Hall–Kier alpha value is -2.12. The van der Waals surface area contributed by atoms with Crippen molar-refractivity contribution >= 4 is 63.9 Å². The molecule has 9 heteroatoms. The summed E-state index contributed by atoms with van der Waals surface area (Å²) in [5.41, 5.74) is 4.64. The van der Waals surface area contributed by atoms with Crippen LogP contribution in [0.5, 0.6) is 0 Å². The van der Waals surface area contributed by atoms with E-state index in [1.54, 1.807) is 28.7 Å². The molecule has 4 rings (SSSR count). The highest BCUT2D eigenvalue weighted by Gasteiger charge is 2.10.